The third-order valence-corrected chi connectivity index (χ3v) is 5.83. The molecule has 156 valence electrons. The van der Waals surface area contributed by atoms with Crippen molar-refractivity contribution in [2.75, 3.05) is 10.8 Å². The number of sulfonamides is 1. The first kappa shape index (κ1) is 21.4. The van der Waals surface area contributed by atoms with Gasteiger partial charge in [0, 0.05) is 0 Å². The second-order valence-corrected chi connectivity index (χ2v) is 8.02. The Morgan fingerprint density at radius 1 is 0.867 bits per heavy atom. The van der Waals surface area contributed by atoms with Crippen molar-refractivity contribution in [3.63, 3.8) is 0 Å². The number of carbonyl (C=O) groups excluding carboxylic acids is 1. The molecule has 9 heteroatoms. The van der Waals surface area contributed by atoms with Crippen LogP contribution < -0.4 is 9.04 Å². The fraction of sp³-hybridized carbons (Fsp3) is 0.0952. The predicted molar refractivity (Wildman–Crippen MR) is 104 cm³/mol. The smallest absolute Gasteiger partial charge is 0.416 e. The van der Waals surface area contributed by atoms with Crippen molar-refractivity contribution in [1.29, 1.82) is 0 Å². The topological polar surface area (TPSA) is 63.7 Å². The normalized spacial score (nSPS) is 11.7. The molecule has 0 saturated carbocycles. The molecule has 0 saturated heterocycles. The van der Waals surface area contributed by atoms with Crippen molar-refractivity contribution in [1.82, 2.24) is 0 Å². The van der Waals surface area contributed by atoms with Crippen molar-refractivity contribution in [2.24, 2.45) is 0 Å². The molecule has 0 aliphatic rings. The number of esters is 1. The molecular formula is C21H16F3NO4S. The van der Waals surface area contributed by atoms with Gasteiger partial charge in [-0.25, -0.2) is 13.2 Å². The summed E-state index contributed by atoms with van der Waals surface area (Å²) >= 11 is 0. The molecule has 0 atom stereocenters. The number of halogens is 3. The Bertz CT molecular complexity index is 1120. The highest BCUT2D eigenvalue weighted by atomic mass is 32.2. The van der Waals surface area contributed by atoms with Gasteiger partial charge in [0.1, 0.15) is 12.3 Å². The summed E-state index contributed by atoms with van der Waals surface area (Å²) in [7, 11) is -4.12. The average Bonchev–Trinajstić information content (AvgIpc) is 2.73. The predicted octanol–water partition coefficient (Wildman–Crippen LogP) is 4.51. The van der Waals surface area contributed by atoms with Gasteiger partial charge in [-0.3, -0.25) is 4.31 Å². The van der Waals surface area contributed by atoms with Crippen LogP contribution in [0.25, 0.3) is 0 Å². The van der Waals surface area contributed by atoms with E-state index in [2.05, 4.69) is 0 Å². The third kappa shape index (κ3) is 4.98. The van der Waals surface area contributed by atoms with E-state index >= 15 is 0 Å². The summed E-state index contributed by atoms with van der Waals surface area (Å²) in [4.78, 5) is 12.4. The molecule has 0 N–H and O–H groups in total. The van der Waals surface area contributed by atoms with Gasteiger partial charge in [-0.15, -0.1) is 0 Å². The molecule has 0 aliphatic heterocycles. The van der Waals surface area contributed by atoms with Crippen LogP contribution in [0.5, 0.6) is 5.75 Å². The van der Waals surface area contributed by atoms with Gasteiger partial charge in [0.2, 0.25) is 0 Å². The zero-order valence-electron chi connectivity index (χ0n) is 15.4. The van der Waals surface area contributed by atoms with Crippen LogP contribution in [0.3, 0.4) is 0 Å². The molecule has 5 nitrogen and oxygen atoms in total. The number of hydrogen-bond donors (Lipinski definition) is 0. The molecule has 0 spiro atoms. The van der Waals surface area contributed by atoms with Crippen LogP contribution in [0.4, 0.5) is 18.9 Å². The van der Waals surface area contributed by atoms with E-state index in [1.165, 1.54) is 42.5 Å². The Morgan fingerprint density at radius 2 is 1.47 bits per heavy atom. The lowest BCUT2D eigenvalue weighted by Gasteiger charge is -2.23. The second kappa shape index (κ2) is 8.58. The quantitative estimate of drug-likeness (QED) is 0.422. The number of ether oxygens (including phenoxy) is 1. The van der Waals surface area contributed by atoms with Crippen molar-refractivity contribution < 1.29 is 31.1 Å². The molecule has 0 aromatic heterocycles. The Labute approximate surface area is 171 Å². The van der Waals surface area contributed by atoms with Crippen molar-refractivity contribution in [2.45, 2.75) is 11.1 Å². The molecule has 0 amide bonds. The number of rotatable bonds is 6. The Morgan fingerprint density at radius 3 is 2.07 bits per heavy atom. The summed E-state index contributed by atoms with van der Waals surface area (Å²) in [6.07, 6.45) is -4.60. The molecule has 0 aliphatic carbocycles. The highest BCUT2D eigenvalue weighted by Gasteiger charge is 2.31. The van der Waals surface area contributed by atoms with E-state index in [1.54, 1.807) is 24.3 Å². The summed E-state index contributed by atoms with van der Waals surface area (Å²) in [6, 6.07) is 19.2. The maximum atomic E-state index is 13.1. The second-order valence-electron chi connectivity index (χ2n) is 6.16. The summed E-state index contributed by atoms with van der Waals surface area (Å²) in [6.45, 7) is -0.725. The number of alkyl halides is 3. The van der Waals surface area contributed by atoms with E-state index in [4.69, 9.17) is 4.74 Å². The highest BCUT2D eigenvalue weighted by molar-refractivity contribution is 7.92. The van der Waals surface area contributed by atoms with Gasteiger partial charge >= 0.3 is 12.1 Å². The number of anilines is 1. The van der Waals surface area contributed by atoms with E-state index in [1.807, 2.05) is 0 Å². The van der Waals surface area contributed by atoms with Gasteiger partial charge in [-0.2, -0.15) is 13.2 Å². The largest absolute Gasteiger partial charge is 0.425 e. The van der Waals surface area contributed by atoms with Crippen LogP contribution in [0.1, 0.15) is 5.56 Å². The summed E-state index contributed by atoms with van der Waals surface area (Å²) in [5.41, 5.74) is -0.771. The maximum absolute atomic E-state index is 13.1. The number of carbonyl (C=O) groups is 1. The van der Waals surface area contributed by atoms with Crippen LogP contribution in [0.15, 0.2) is 89.8 Å². The Kier molecular flexibility index (Phi) is 6.12. The van der Waals surface area contributed by atoms with Gasteiger partial charge in [0.25, 0.3) is 10.0 Å². The molecule has 0 heterocycles. The van der Waals surface area contributed by atoms with Crippen molar-refractivity contribution >= 4 is 21.7 Å². The number of para-hydroxylation sites is 1. The van der Waals surface area contributed by atoms with Gasteiger partial charge in [0.15, 0.2) is 0 Å². The van der Waals surface area contributed by atoms with Crippen molar-refractivity contribution in [3.8, 4) is 5.75 Å². The zero-order chi connectivity index (χ0) is 21.8. The first-order valence-corrected chi connectivity index (χ1v) is 10.1. The van der Waals surface area contributed by atoms with E-state index in [0.717, 1.165) is 16.4 Å². The molecule has 0 fully saturated rings. The average molecular weight is 435 g/mol. The number of nitrogens with zero attached hydrogens (tertiary/aromatic N) is 1. The third-order valence-electron chi connectivity index (χ3n) is 4.04. The lowest BCUT2D eigenvalue weighted by atomic mass is 10.2. The molecule has 3 rings (SSSR count). The lowest BCUT2D eigenvalue weighted by molar-refractivity contribution is -0.138. The van der Waals surface area contributed by atoms with Gasteiger partial charge < -0.3 is 4.74 Å². The monoisotopic (exact) mass is 435 g/mol. The SMILES string of the molecule is O=C(CN(c1ccccc1)S(=O)(=O)c1ccccc1)Oc1cccc(C(F)(F)F)c1. The summed E-state index contributed by atoms with van der Waals surface area (Å²) in [5, 5.41) is 0. The first-order chi connectivity index (χ1) is 14.2. The van der Waals surface area contributed by atoms with Crippen LogP contribution in [-0.2, 0) is 21.0 Å². The van der Waals surface area contributed by atoms with Gasteiger partial charge in [0.05, 0.1) is 16.1 Å². The Balaban J connectivity index is 1.88. The fourth-order valence-electron chi connectivity index (χ4n) is 2.65. The minimum atomic E-state index is -4.60. The molecule has 3 aromatic rings. The minimum absolute atomic E-state index is 0.0410. The van der Waals surface area contributed by atoms with Gasteiger partial charge in [-0.1, -0.05) is 42.5 Å². The molecule has 0 radical (unpaired) electrons. The molecule has 3 aromatic carbocycles. The van der Waals surface area contributed by atoms with E-state index in [9.17, 15) is 26.4 Å². The standard InChI is InChI=1S/C21H16F3NO4S/c22-21(23,24)16-8-7-11-18(14-16)29-20(26)15-25(17-9-3-1-4-10-17)30(27,28)19-12-5-2-6-13-19/h1-14H,15H2. The van der Waals surface area contributed by atoms with Crippen LogP contribution in [-0.4, -0.2) is 20.9 Å². The van der Waals surface area contributed by atoms with Crippen LogP contribution >= 0.6 is 0 Å². The summed E-state index contributed by atoms with van der Waals surface area (Å²) in [5.74, 6) is -1.36. The number of benzene rings is 3. The van der Waals surface area contributed by atoms with Crippen molar-refractivity contribution in [3.05, 3.63) is 90.5 Å². The zero-order valence-corrected chi connectivity index (χ0v) is 16.2. The highest BCUT2D eigenvalue weighted by Crippen LogP contribution is 2.31. The van der Waals surface area contributed by atoms with Gasteiger partial charge in [-0.05, 0) is 42.5 Å². The minimum Gasteiger partial charge on any atom is -0.425 e. The molecular weight excluding hydrogens is 419 g/mol. The first-order valence-electron chi connectivity index (χ1n) is 8.69. The lowest BCUT2D eigenvalue weighted by Crippen LogP contribution is -2.37. The van der Waals surface area contributed by atoms with E-state index in [0.29, 0.717) is 6.07 Å². The van der Waals surface area contributed by atoms with E-state index in [-0.39, 0.29) is 16.3 Å². The number of hydrogen-bond acceptors (Lipinski definition) is 4. The summed E-state index contributed by atoms with van der Waals surface area (Å²) < 4.78 is 70.5. The molecule has 0 bridgehead atoms. The maximum Gasteiger partial charge on any atom is 0.416 e. The van der Waals surface area contributed by atoms with Crippen LogP contribution in [0.2, 0.25) is 0 Å². The molecule has 30 heavy (non-hydrogen) atoms. The fourth-order valence-corrected chi connectivity index (χ4v) is 4.08. The van der Waals surface area contributed by atoms with E-state index < -0.39 is 34.3 Å². The molecule has 0 unspecified atom stereocenters. The van der Waals surface area contributed by atoms with Crippen LogP contribution in [0, 0.1) is 0 Å². The Hall–Kier alpha value is -3.33.